The summed E-state index contributed by atoms with van der Waals surface area (Å²) in [7, 11) is 2.15. The van der Waals surface area contributed by atoms with Gasteiger partial charge in [-0.15, -0.1) is 11.6 Å². The van der Waals surface area contributed by atoms with Gasteiger partial charge in [-0.25, -0.2) is 0 Å². The smallest absolute Gasteiger partial charge is 0.0366 e. The molecule has 0 aromatic heterocycles. The molecule has 0 saturated carbocycles. The Hall–Kier alpha value is -0.690. The Labute approximate surface area is 104 Å². The van der Waals surface area contributed by atoms with Crippen LogP contribution in [0.25, 0.3) is 0 Å². The highest BCUT2D eigenvalue weighted by Crippen LogP contribution is 2.16. The Balaban J connectivity index is 2.43. The van der Waals surface area contributed by atoms with E-state index in [-0.39, 0.29) is 0 Å². The number of nitrogens with zero attached hydrogens (tertiary/aromatic N) is 1. The molecular formula is C14H22ClN. The van der Waals surface area contributed by atoms with Crippen molar-refractivity contribution in [2.45, 2.75) is 26.7 Å². The lowest BCUT2D eigenvalue weighted by atomic mass is 10.0. The molecule has 0 amide bonds. The molecule has 2 heteroatoms. The first kappa shape index (κ1) is 13.4. The van der Waals surface area contributed by atoms with Gasteiger partial charge in [0.1, 0.15) is 0 Å². The Morgan fingerprint density at radius 1 is 1.31 bits per heavy atom. The van der Waals surface area contributed by atoms with Gasteiger partial charge in [-0.2, -0.15) is 0 Å². The number of aryl methyl sites for hydroxylation is 1. The van der Waals surface area contributed by atoms with Gasteiger partial charge in [0, 0.05) is 25.2 Å². The molecule has 16 heavy (non-hydrogen) atoms. The van der Waals surface area contributed by atoms with Crippen LogP contribution in [0.5, 0.6) is 0 Å². The fraction of sp³-hybridized carbons (Fsp3) is 0.571. The van der Waals surface area contributed by atoms with Crippen molar-refractivity contribution in [1.82, 2.24) is 0 Å². The fourth-order valence-electron chi connectivity index (χ4n) is 1.74. The molecule has 1 aromatic rings. The number of halogens is 1. The molecule has 1 atom stereocenters. The van der Waals surface area contributed by atoms with Gasteiger partial charge in [-0.1, -0.05) is 19.1 Å². The number of hydrogen-bond acceptors (Lipinski definition) is 1. The molecule has 0 spiro atoms. The molecule has 0 fully saturated rings. The van der Waals surface area contributed by atoms with Crippen molar-refractivity contribution >= 4 is 17.3 Å². The molecule has 0 aliphatic heterocycles. The first-order valence-electron chi connectivity index (χ1n) is 5.97. The molecule has 1 rings (SSSR count). The second-order valence-corrected chi connectivity index (χ2v) is 5.01. The van der Waals surface area contributed by atoms with Crippen LogP contribution in [0.3, 0.4) is 0 Å². The average molecular weight is 240 g/mol. The summed E-state index contributed by atoms with van der Waals surface area (Å²) in [6.45, 7) is 5.50. The van der Waals surface area contributed by atoms with Crippen molar-refractivity contribution in [3.63, 3.8) is 0 Å². The normalized spacial score (nSPS) is 12.5. The van der Waals surface area contributed by atoms with E-state index in [9.17, 15) is 0 Å². The Morgan fingerprint density at radius 2 is 2.06 bits per heavy atom. The van der Waals surface area contributed by atoms with E-state index in [0.717, 1.165) is 18.8 Å². The highest BCUT2D eigenvalue weighted by molar-refractivity contribution is 6.17. The summed E-state index contributed by atoms with van der Waals surface area (Å²) in [5.41, 5.74) is 2.62. The summed E-state index contributed by atoms with van der Waals surface area (Å²) >= 11 is 5.74. The van der Waals surface area contributed by atoms with Crippen LogP contribution in [0.1, 0.15) is 25.3 Å². The number of rotatable bonds is 6. The minimum Gasteiger partial charge on any atom is -0.375 e. The third-order valence-electron chi connectivity index (χ3n) is 3.00. The molecule has 0 aliphatic carbocycles. The maximum absolute atomic E-state index is 5.74. The van der Waals surface area contributed by atoms with Crippen molar-refractivity contribution in [3.05, 3.63) is 29.8 Å². The molecule has 1 nitrogen and oxygen atoms in total. The van der Waals surface area contributed by atoms with Gasteiger partial charge in [-0.3, -0.25) is 0 Å². The predicted octanol–water partition coefficient (Wildman–Crippen LogP) is 4.09. The highest BCUT2D eigenvalue weighted by atomic mass is 35.5. The largest absolute Gasteiger partial charge is 0.375 e. The van der Waals surface area contributed by atoms with E-state index in [2.05, 4.69) is 50.1 Å². The molecule has 1 unspecified atom stereocenters. The van der Waals surface area contributed by atoms with Gasteiger partial charge in [0.25, 0.3) is 0 Å². The third-order valence-corrected chi connectivity index (χ3v) is 3.22. The average Bonchev–Trinajstić information content (AvgIpc) is 2.26. The number of alkyl halides is 1. The van der Waals surface area contributed by atoms with Crippen molar-refractivity contribution in [2.24, 2.45) is 5.92 Å². The molecule has 0 saturated heterocycles. The van der Waals surface area contributed by atoms with Crippen LogP contribution in [0, 0.1) is 12.8 Å². The molecule has 0 heterocycles. The van der Waals surface area contributed by atoms with Crippen LogP contribution in [0.15, 0.2) is 24.3 Å². The van der Waals surface area contributed by atoms with Crippen LogP contribution < -0.4 is 4.90 Å². The number of benzene rings is 1. The van der Waals surface area contributed by atoms with Crippen molar-refractivity contribution < 1.29 is 0 Å². The first-order chi connectivity index (χ1) is 7.63. The van der Waals surface area contributed by atoms with Crippen molar-refractivity contribution in [1.29, 1.82) is 0 Å². The Kier molecular flexibility index (Phi) is 5.68. The Morgan fingerprint density at radius 3 is 2.69 bits per heavy atom. The van der Waals surface area contributed by atoms with Gasteiger partial charge >= 0.3 is 0 Å². The van der Waals surface area contributed by atoms with Crippen LogP contribution in [-0.2, 0) is 0 Å². The van der Waals surface area contributed by atoms with Gasteiger partial charge in [-0.05, 0) is 43.4 Å². The fourth-order valence-corrected chi connectivity index (χ4v) is 2.11. The molecular weight excluding hydrogens is 218 g/mol. The van der Waals surface area contributed by atoms with Gasteiger partial charge < -0.3 is 4.90 Å². The van der Waals surface area contributed by atoms with E-state index in [4.69, 9.17) is 11.6 Å². The van der Waals surface area contributed by atoms with Crippen LogP contribution >= 0.6 is 11.6 Å². The van der Waals surface area contributed by atoms with E-state index in [1.807, 2.05) is 0 Å². The lowest BCUT2D eigenvalue weighted by Crippen LogP contribution is -2.20. The maximum atomic E-state index is 5.74. The molecule has 0 aliphatic rings. The minimum absolute atomic E-state index is 0.713. The maximum Gasteiger partial charge on any atom is 0.0366 e. The molecule has 0 bridgehead atoms. The van der Waals surface area contributed by atoms with Crippen LogP contribution in [0.2, 0.25) is 0 Å². The van der Waals surface area contributed by atoms with Gasteiger partial charge in [0.15, 0.2) is 0 Å². The quantitative estimate of drug-likeness (QED) is 0.676. The summed E-state index contributed by atoms with van der Waals surface area (Å²) in [5.74, 6) is 1.49. The van der Waals surface area contributed by atoms with Crippen molar-refractivity contribution in [2.75, 3.05) is 24.4 Å². The molecule has 0 radical (unpaired) electrons. The van der Waals surface area contributed by atoms with E-state index in [1.54, 1.807) is 0 Å². The van der Waals surface area contributed by atoms with E-state index in [0.29, 0.717) is 5.92 Å². The summed E-state index contributed by atoms with van der Waals surface area (Å²) in [6, 6.07) is 8.64. The van der Waals surface area contributed by atoms with Gasteiger partial charge in [0.05, 0.1) is 0 Å². The summed E-state index contributed by atoms with van der Waals surface area (Å²) in [6.07, 6.45) is 2.32. The highest BCUT2D eigenvalue weighted by Gasteiger charge is 2.05. The molecule has 1 aromatic carbocycles. The first-order valence-corrected chi connectivity index (χ1v) is 6.50. The zero-order chi connectivity index (χ0) is 12.0. The summed E-state index contributed by atoms with van der Waals surface area (Å²) in [4.78, 5) is 2.32. The zero-order valence-electron chi connectivity index (χ0n) is 10.5. The number of anilines is 1. The summed E-state index contributed by atoms with van der Waals surface area (Å²) < 4.78 is 0. The third kappa shape index (κ3) is 4.44. The lowest BCUT2D eigenvalue weighted by molar-refractivity contribution is 0.520. The monoisotopic (exact) mass is 239 g/mol. The van der Waals surface area contributed by atoms with Crippen LogP contribution in [-0.4, -0.2) is 19.5 Å². The summed E-state index contributed by atoms with van der Waals surface area (Å²) in [5, 5.41) is 0. The van der Waals surface area contributed by atoms with E-state index >= 15 is 0 Å². The van der Waals surface area contributed by atoms with E-state index < -0.39 is 0 Å². The Bertz CT molecular complexity index is 311. The van der Waals surface area contributed by atoms with Crippen LogP contribution in [0.4, 0.5) is 5.69 Å². The number of hydrogen-bond donors (Lipinski definition) is 0. The predicted molar refractivity (Wildman–Crippen MR) is 73.6 cm³/mol. The topological polar surface area (TPSA) is 3.24 Å². The standard InChI is InChI=1S/C14H22ClN/c1-12(7-9-15)8-10-16(3)14-6-4-5-13(2)11-14/h4-6,11-12H,7-10H2,1-3H3. The lowest BCUT2D eigenvalue weighted by Gasteiger charge is -2.21. The molecule has 90 valence electrons. The van der Waals surface area contributed by atoms with Crippen molar-refractivity contribution in [3.8, 4) is 0 Å². The van der Waals surface area contributed by atoms with E-state index in [1.165, 1.54) is 17.7 Å². The molecule has 0 N–H and O–H groups in total. The SMILES string of the molecule is Cc1cccc(N(C)CCC(C)CCCl)c1. The van der Waals surface area contributed by atoms with Gasteiger partial charge in [0.2, 0.25) is 0 Å². The zero-order valence-corrected chi connectivity index (χ0v) is 11.3. The minimum atomic E-state index is 0.713. The second-order valence-electron chi connectivity index (χ2n) is 4.63. The second kappa shape index (κ2) is 6.80.